The molecule has 2 amide bonds. The number of piperidine rings is 1. The maximum atomic E-state index is 13.1. The van der Waals surface area contributed by atoms with Crippen LogP contribution in [0.2, 0.25) is 0 Å². The molecule has 1 saturated heterocycles. The van der Waals surface area contributed by atoms with Gasteiger partial charge in [-0.25, -0.2) is 4.98 Å². The van der Waals surface area contributed by atoms with Crippen molar-refractivity contribution in [1.29, 1.82) is 0 Å². The quantitative estimate of drug-likeness (QED) is 0.799. The number of hydrogen-bond acceptors (Lipinski definition) is 5. The van der Waals surface area contributed by atoms with Gasteiger partial charge in [0.15, 0.2) is 0 Å². The number of nitrogens with zero attached hydrogens (tertiary/aromatic N) is 4. The van der Waals surface area contributed by atoms with Crippen molar-refractivity contribution < 1.29 is 9.59 Å². The number of aromatic amines is 1. The average molecular weight is 436 g/mol. The molecule has 2 aliphatic heterocycles. The number of fused-ring (bicyclic) bond motifs is 1. The van der Waals surface area contributed by atoms with E-state index >= 15 is 0 Å². The normalized spacial score (nSPS) is 21.4. The predicted molar refractivity (Wildman–Crippen MR) is 118 cm³/mol. The molecule has 8 nitrogen and oxygen atoms in total. The van der Waals surface area contributed by atoms with Crippen molar-refractivity contribution >= 4 is 11.8 Å². The van der Waals surface area contributed by atoms with Gasteiger partial charge in [-0.05, 0) is 44.2 Å². The molecular weight excluding hydrogens is 406 g/mol. The Labute approximate surface area is 187 Å². The van der Waals surface area contributed by atoms with Crippen molar-refractivity contribution in [2.75, 3.05) is 13.1 Å². The summed E-state index contributed by atoms with van der Waals surface area (Å²) >= 11 is 0. The summed E-state index contributed by atoms with van der Waals surface area (Å²) in [5.41, 5.74) is 1.56. The first-order valence-corrected chi connectivity index (χ1v) is 11.7. The van der Waals surface area contributed by atoms with Crippen LogP contribution in [0.5, 0.6) is 0 Å². The van der Waals surface area contributed by atoms with Gasteiger partial charge < -0.3 is 14.8 Å². The van der Waals surface area contributed by atoms with Gasteiger partial charge in [-0.15, -0.1) is 0 Å². The van der Waals surface area contributed by atoms with Gasteiger partial charge in [0, 0.05) is 31.6 Å². The Morgan fingerprint density at radius 1 is 1.03 bits per heavy atom. The molecule has 168 valence electrons. The number of hydrogen-bond donors (Lipinski definition) is 1. The Morgan fingerprint density at radius 2 is 1.84 bits per heavy atom. The molecule has 1 N–H and O–H groups in total. The highest BCUT2D eigenvalue weighted by Crippen LogP contribution is 2.31. The lowest BCUT2D eigenvalue weighted by atomic mass is 9.99. The number of nitrogens with one attached hydrogen (secondary N) is 1. The topological polar surface area (TPSA) is 99.3 Å². The van der Waals surface area contributed by atoms with Crippen molar-refractivity contribution in [2.24, 2.45) is 5.92 Å². The van der Waals surface area contributed by atoms with Crippen LogP contribution < -0.4 is 5.56 Å². The fourth-order valence-corrected chi connectivity index (χ4v) is 5.32. The van der Waals surface area contributed by atoms with Crippen molar-refractivity contribution in [2.45, 2.75) is 64.0 Å². The molecule has 0 aromatic carbocycles. The van der Waals surface area contributed by atoms with Gasteiger partial charge in [-0.2, -0.15) is 0 Å². The van der Waals surface area contributed by atoms with Gasteiger partial charge in [0.05, 0.1) is 23.8 Å². The Balaban J connectivity index is 1.39. The van der Waals surface area contributed by atoms with Crippen molar-refractivity contribution in [3.05, 3.63) is 57.5 Å². The van der Waals surface area contributed by atoms with Crippen molar-refractivity contribution in [3.63, 3.8) is 0 Å². The van der Waals surface area contributed by atoms with Crippen molar-refractivity contribution in [3.8, 4) is 0 Å². The zero-order valence-electron chi connectivity index (χ0n) is 18.3. The van der Waals surface area contributed by atoms with E-state index in [1.54, 1.807) is 29.3 Å². The van der Waals surface area contributed by atoms with Gasteiger partial charge >= 0.3 is 0 Å². The lowest BCUT2D eigenvalue weighted by Crippen LogP contribution is -2.43. The van der Waals surface area contributed by atoms with Crippen LogP contribution in [0.25, 0.3) is 0 Å². The van der Waals surface area contributed by atoms with E-state index in [0.29, 0.717) is 43.1 Å². The van der Waals surface area contributed by atoms with Gasteiger partial charge in [0.2, 0.25) is 5.91 Å². The molecule has 5 rings (SSSR count). The number of carbonyl (C=O) groups is 2. The second kappa shape index (κ2) is 8.84. The molecule has 2 aromatic heterocycles. The lowest BCUT2D eigenvalue weighted by molar-refractivity contribution is -0.136. The molecule has 1 aliphatic carbocycles. The summed E-state index contributed by atoms with van der Waals surface area (Å²) in [7, 11) is 0. The maximum absolute atomic E-state index is 13.1. The number of amides is 2. The number of aromatic nitrogens is 3. The molecule has 8 heteroatoms. The molecule has 32 heavy (non-hydrogen) atoms. The predicted octanol–water partition coefficient (Wildman–Crippen LogP) is 2.61. The molecule has 1 atom stereocenters. The highest BCUT2D eigenvalue weighted by molar-refractivity contribution is 5.92. The summed E-state index contributed by atoms with van der Waals surface area (Å²) in [5.74, 6) is 0.699. The van der Waals surface area contributed by atoms with Crippen LogP contribution in [0, 0.1) is 5.92 Å². The monoisotopic (exact) mass is 435 g/mol. The van der Waals surface area contributed by atoms with E-state index in [9.17, 15) is 14.4 Å². The summed E-state index contributed by atoms with van der Waals surface area (Å²) in [6, 6.07) is 5.03. The summed E-state index contributed by atoms with van der Waals surface area (Å²) in [6.45, 7) is 1.54. The Bertz CT molecular complexity index is 1060. The standard InChI is InChI=1S/C24H29N5O3/c30-22-17-15-28(23(31)16-7-1-2-8-16)14-11-18(17)26-21(27-22)20-10-4-6-13-29(20)24(32)19-9-3-5-12-25-19/h3,5,9,12,16,20H,1-2,4,6-8,10-11,13-15H2,(H,26,27,30). The van der Waals surface area contributed by atoms with Gasteiger partial charge in [0.25, 0.3) is 11.5 Å². The second-order valence-electron chi connectivity index (χ2n) is 9.09. The smallest absolute Gasteiger partial charge is 0.273 e. The molecule has 0 bridgehead atoms. The highest BCUT2D eigenvalue weighted by atomic mass is 16.2. The first-order chi connectivity index (χ1) is 15.6. The molecule has 2 fully saturated rings. The van der Waals surface area contributed by atoms with Gasteiger partial charge in [0.1, 0.15) is 11.5 Å². The summed E-state index contributed by atoms with van der Waals surface area (Å²) in [4.78, 5) is 54.5. The largest absolute Gasteiger partial charge is 0.337 e. The molecule has 0 spiro atoms. The van der Waals surface area contributed by atoms with Crippen LogP contribution in [0.15, 0.2) is 29.2 Å². The van der Waals surface area contributed by atoms with Crippen LogP contribution in [0.3, 0.4) is 0 Å². The lowest BCUT2D eigenvalue weighted by Gasteiger charge is -2.35. The second-order valence-corrected chi connectivity index (χ2v) is 9.09. The molecule has 2 aromatic rings. The van der Waals surface area contributed by atoms with E-state index in [-0.39, 0.29) is 29.3 Å². The molecular formula is C24H29N5O3. The third-order valence-electron chi connectivity index (χ3n) is 7.07. The van der Waals surface area contributed by atoms with E-state index in [1.165, 1.54) is 0 Å². The average Bonchev–Trinajstić information content (AvgIpc) is 3.38. The minimum atomic E-state index is -0.269. The third-order valence-corrected chi connectivity index (χ3v) is 7.07. The minimum absolute atomic E-state index is 0.108. The number of likely N-dealkylation sites (tertiary alicyclic amines) is 1. The van der Waals surface area contributed by atoms with E-state index < -0.39 is 0 Å². The van der Waals surface area contributed by atoms with Crippen LogP contribution in [0.4, 0.5) is 0 Å². The SMILES string of the molecule is O=C(C1CCCC1)N1CCc2nc(C3CCCCN3C(=O)c3ccccn3)[nH]c(=O)c2C1. The number of pyridine rings is 1. The zero-order chi connectivity index (χ0) is 22.1. The first-order valence-electron chi connectivity index (χ1n) is 11.7. The number of rotatable bonds is 3. The summed E-state index contributed by atoms with van der Waals surface area (Å²) in [5, 5.41) is 0. The molecule has 0 radical (unpaired) electrons. The summed E-state index contributed by atoms with van der Waals surface area (Å²) < 4.78 is 0. The van der Waals surface area contributed by atoms with Crippen LogP contribution in [0.1, 0.15) is 78.6 Å². The minimum Gasteiger partial charge on any atom is -0.337 e. The Kier molecular flexibility index (Phi) is 5.76. The fraction of sp³-hybridized carbons (Fsp3) is 0.542. The fourth-order valence-electron chi connectivity index (χ4n) is 5.32. The van der Waals surface area contributed by atoms with Crippen LogP contribution in [-0.2, 0) is 17.8 Å². The van der Waals surface area contributed by atoms with Gasteiger partial charge in [-0.1, -0.05) is 18.9 Å². The molecule has 4 heterocycles. The number of carbonyl (C=O) groups excluding carboxylic acids is 2. The van der Waals surface area contributed by atoms with E-state index in [0.717, 1.165) is 50.6 Å². The third kappa shape index (κ3) is 3.94. The van der Waals surface area contributed by atoms with E-state index in [1.807, 2.05) is 4.90 Å². The van der Waals surface area contributed by atoms with Crippen LogP contribution in [-0.4, -0.2) is 49.7 Å². The van der Waals surface area contributed by atoms with Crippen LogP contribution >= 0.6 is 0 Å². The Morgan fingerprint density at radius 3 is 2.62 bits per heavy atom. The molecule has 3 aliphatic rings. The molecule has 1 saturated carbocycles. The van der Waals surface area contributed by atoms with E-state index in [4.69, 9.17) is 4.98 Å². The first kappa shape index (κ1) is 20.8. The molecule has 1 unspecified atom stereocenters. The van der Waals surface area contributed by atoms with E-state index in [2.05, 4.69) is 9.97 Å². The summed E-state index contributed by atoms with van der Waals surface area (Å²) in [6.07, 6.45) is 8.98. The Hall–Kier alpha value is -3.03. The van der Waals surface area contributed by atoms with Crippen molar-refractivity contribution in [1.82, 2.24) is 24.8 Å². The zero-order valence-corrected chi connectivity index (χ0v) is 18.3. The number of H-pyrrole nitrogens is 1. The highest BCUT2D eigenvalue weighted by Gasteiger charge is 2.34. The van der Waals surface area contributed by atoms with Gasteiger partial charge in [-0.3, -0.25) is 19.4 Å². The maximum Gasteiger partial charge on any atom is 0.273 e.